The fourth-order valence-electron chi connectivity index (χ4n) is 2.60. The highest BCUT2D eigenvalue weighted by Crippen LogP contribution is 2.25. The average molecular weight is 394 g/mol. The predicted molar refractivity (Wildman–Crippen MR) is 87.9 cm³/mol. The number of carbonyl (C=O) groups excluding carboxylic acids is 1. The summed E-state index contributed by atoms with van der Waals surface area (Å²) in [5.41, 5.74) is 0. The zero-order chi connectivity index (χ0) is 19.5. The van der Waals surface area contributed by atoms with Crippen molar-refractivity contribution in [1.29, 1.82) is 0 Å². The molecule has 2 rings (SSSR count). The summed E-state index contributed by atoms with van der Waals surface area (Å²) in [6.45, 7) is 4.61. The number of piperazine rings is 1. The molecular weight excluding hydrogens is 373 g/mol. The normalized spacial score (nSPS) is 17.8. The zero-order valence-corrected chi connectivity index (χ0v) is 15.3. The number of ether oxygens (including phenoxy) is 1. The molecule has 0 bridgehead atoms. The third-order valence-electron chi connectivity index (χ3n) is 4.28. The Morgan fingerprint density at radius 3 is 2.15 bits per heavy atom. The van der Waals surface area contributed by atoms with Crippen LogP contribution in [0.3, 0.4) is 0 Å². The van der Waals surface area contributed by atoms with Crippen molar-refractivity contribution in [2.24, 2.45) is 5.92 Å². The van der Waals surface area contributed by atoms with Crippen molar-refractivity contribution in [2.75, 3.05) is 26.2 Å². The lowest BCUT2D eigenvalue weighted by molar-refractivity contribution is -0.274. The molecular formula is C16H21F3N2O4S. The smallest absolute Gasteiger partial charge is 0.406 e. The molecule has 10 heteroatoms. The van der Waals surface area contributed by atoms with Crippen LogP contribution in [-0.4, -0.2) is 56.1 Å². The molecule has 1 unspecified atom stereocenters. The van der Waals surface area contributed by atoms with E-state index in [1.165, 1.54) is 4.31 Å². The van der Waals surface area contributed by atoms with Crippen LogP contribution in [0.15, 0.2) is 29.2 Å². The fourth-order valence-corrected chi connectivity index (χ4v) is 4.02. The molecule has 1 aliphatic heterocycles. The van der Waals surface area contributed by atoms with Gasteiger partial charge in [-0.25, -0.2) is 8.42 Å². The van der Waals surface area contributed by atoms with E-state index in [0.717, 1.165) is 24.3 Å². The molecule has 0 saturated carbocycles. The van der Waals surface area contributed by atoms with E-state index in [0.29, 0.717) is 6.42 Å². The van der Waals surface area contributed by atoms with Crippen LogP contribution >= 0.6 is 0 Å². The lowest BCUT2D eigenvalue weighted by Crippen LogP contribution is -2.51. The fraction of sp³-hybridized carbons (Fsp3) is 0.562. The first-order valence-corrected chi connectivity index (χ1v) is 9.63. The van der Waals surface area contributed by atoms with Gasteiger partial charge in [-0.1, -0.05) is 13.8 Å². The first-order chi connectivity index (χ1) is 12.0. The van der Waals surface area contributed by atoms with Gasteiger partial charge in [-0.05, 0) is 30.7 Å². The van der Waals surface area contributed by atoms with Gasteiger partial charge in [-0.3, -0.25) is 4.79 Å². The van der Waals surface area contributed by atoms with Crippen molar-refractivity contribution >= 4 is 15.9 Å². The lowest BCUT2D eigenvalue weighted by atomic mass is 10.1. The number of nitrogens with zero attached hydrogens (tertiary/aromatic N) is 2. The molecule has 26 heavy (non-hydrogen) atoms. The highest BCUT2D eigenvalue weighted by atomic mass is 32.2. The number of rotatable bonds is 5. The summed E-state index contributed by atoms with van der Waals surface area (Å²) >= 11 is 0. The van der Waals surface area contributed by atoms with E-state index in [1.54, 1.807) is 4.90 Å². The average Bonchev–Trinajstić information content (AvgIpc) is 2.59. The highest BCUT2D eigenvalue weighted by Gasteiger charge is 2.33. The summed E-state index contributed by atoms with van der Waals surface area (Å²) in [5, 5.41) is 0. The molecule has 1 aromatic rings. The minimum absolute atomic E-state index is 0.00167. The molecule has 0 spiro atoms. The van der Waals surface area contributed by atoms with Crippen LogP contribution in [0, 0.1) is 5.92 Å². The van der Waals surface area contributed by atoms with Crippen LogP contribution in [0.1, 0.15) is 20.3 Å². The Hall–Kier alpha value is -1.81. The van der Waals surface area contributed by atoms with E-state index >= 15 is 0 Å². The van der Waals surface area contributed by atoms with Crippen LogP contribution in [-0.2, 0) is 14.8 Å². The number of carbonyl (C=O) groups is 1. The van der Waals surface area contributed by atoms with Gasteiger partial charge in [0.15, 0.2) is 0 Å². The number of amides is 1. The summed E-state index contributed by atoms with van der Waals surface area (Å²) in [5.74, 6) is -0.599. The van der Waals surface area contributed by atoms with E-state index < -0.39 is 22.1 Å². The van der Waals surface area contributed by atoms with Crippen LogP contribution < -0.4 is 4.74 Å². The molecule has 0 aliphatic carbocycles. The molecule has 1 heterocycles. The Morgan fingerprint density at radius 1 is 1.15 bits per heavy atom. The molecule has 1 aliphatic rings. The molecule has 0 aromatic heterocycles. The Bertz CT molecular complexity index is 727. The standard InChI is InChI=1S/C16H21F3N2O4S/c1-3-12(2)15(22)20-8-10-21(11-9-20)26(23,24)14-6-4-13(5-7-14)25-16(17,18)19/h4-7,12H,3,8-11H2,1-2H3. The van der Waals surface area contributed by atoms with Crippen molar-refractivity contribution in [1.82, 2.24) is 9.21 Å². The summed E-state index contributed by atoms with van der Waals surface area (Å²) in [6, 6.07) is 4.08. The van der Waals surface area contributed by atoms with E-state index in [2.05, 4.69) is 4.74 Å². The molecule has 6 nitrogen and oxygen atoms in total. The quantitative estimate of drug-likeness (QED) is 0.770. The number of alkyl halides is 3. The summed E-state index contributed by atoms with van der Waals surface area (Å²) < 4.78 is 66.7. The van der Waals surface area contributed by atoms with Gasteiger partial charge in [0, 0.05) is 32.1 Å². The maximum absolute atomic E-state index is 12.6. The van der Waals surface area contributed by atoms with Gasteiger partial charge in [0.05, 0.1) is 4.90 Å². The van der Waals surface area contributed by atoms with Crippen molar-refractivity contribution in [2.45, 2.75) is 31.5 Å². The van der Waals surface area contributed by atoms with E-state index in [1.807, 2.05) is 13.8 Å². The van der Waals surface area contributed by atoms with Crippen LogP contribution in [0.4, 0.5) is 13.2 Å². The molecule has 0 N–H and O–H groups in total. The SMILES string of the molecule is CCC(C)C(=O)N1CCN(S(=O)(=O)c2ccc(OC(F)(F)F)cc2)CC1. The topological polar surface area (TPSA) is 66.9 Å². The summed E-state index contributed by atoms with van der Waals surface area (Å²) in [4.78, 5) is 13.7. The Balaban J connectivity index is 2.04. The maximum Gasteiger partial charge on any atom is 0.573 e. The van der Waals surface area contributed by atoms with Crippen LogP contribution in [0.2, 0.25) is 0 Å². The number of halogens is 3. The first kappa shape index (κ1) is 20.5. The minimum atomic E-state index is -4.83. The third kappa shape index (κ3) is 4.88. The van der Waals surface area contributed by atoms with E-state index in [9.17, 15) is 26.4 Å². The van der Waals surface area contributed by atoms with Gasteiger partial charge in [0.2, 0.25) is 15.9 Å². The number of hydrogen-bond donors (Lipinski definition) is 0. The van der Waals surface area contributed by atoms with Gasteiger partial charge >= 0.3 is 6.36 Å². The maximum atomic E-state index is 12.6. The zero-order valence-electron chi connectivity index (χ0n) is 14.5. The second-order valence-corrected chi connectivity index (χ2v) is 8.00. The van der Waals surface area contributed by atoms with Gasteiger partial charge in [-0.15, -0.1) is 13.2 Å². The molecule has 1 amide bonds. The van der Waals surface area contributed by atoms with Crippen LogP contribution in [0.25, 0.3) is 0 Å². The monoisotopic (exact) mass is 394 g/mol. The number of benzene rings is 1. The third-order valence-corrected chi connectivity index (χ3v) is 6.19. The molecule has 1 atom stereocenters. The second-order valence-electron chi connectivity index (χ2n) is 6.06. The van der Waals surface area contributed by atoms with Gasteiger partial charge in [0.25, 0.3) is 0 Å². The summed E-state index contributed by atoms with van der Waals surface area (Å²) in [6.07, 6.45) is -4.12. The Kier molecular flexibility index (Phi) is 6.17. The van der Waals surface area contributed by atoms with E-state index in [4.69, 9.17) is 0 Å². The van der Waals surface area contributed by atoms with Gasteiger partial charge in [-0.2, -0.15) is 4.31 Å². The van der Waals surface area contributed by atoms with Crippen LogP contribution in [0.5, 0.6) is 5.75 Å². The molecule has 0 radical (unpaired) electrons. The van der Waals surface area contributed by atoms with Gasteiger partial charge < -0.3 is 9.64 Å². The minimum Gasteiger partial charge on any atom is -0.406 e. The number of sulfonamides is 1. The molecule has 1 saturated heterocycles. The van der Waals surface area contributed by atoms with Crippen molar-refractivity contribution in [3.05, 3.63) is 24.3 Å². The van der Waals surface area contributed by atoms with Crippen molar-refractivity contribution < 1.29 is 31.1 Å². The lowest BCUT2D eigenvalue weighted by Gasteiger charge is -2.35. The highest BCUT2D eigenvalue weighted by molar-refractivity contribution is 7.89. The van der Waals surface area contributed by atoms with Crippen molar-refractivity contribution in [3.8, 4) is 5.75 Å². The molecule has 1 fully saturated rings. The Labute approximate surface area is 150 Å². The first-order valence-electron chi connectivity index (χ1n) is 8.19. The predicted octanol–water partition coefficient (Wildman–Crippen LogP) is 2.46. The molecule has 146 valence electrons. The summed E-state index contributed by atoms with van der Waals surface area (Å²) in [7, 11) is -3.84. The molecule has 1 aromatic carbocycles. The van der Waals surface area contributed by atoms with E-state index in [-0.39, 0.29) is 42.9 Å². The second kappa shape index (κ2) is 7.83. The van der Waals surface area contributed by atoms with Gasteiger partial charge in [0.1, 0.15) is 5.75 Å². The largest absolute Gasteiger partial charge is 0.573 e. The van der Waals surface area contributed by atoms with Crippen molar-refractivity contribution in [3.63, 3.8) is 0 Å². The number of hydrogen-bond acceptors (Lipinski definition) is 4. The Morgan fingerprint density at radius 2 is 1.69 bits per heavy atom.